The summed E-state index contributed by atoms with van der Waals surface area (Å²) >= 11 is 5.58. The van der Waals surface area contributed by atoms with Crippen LogP contribution in [0.25, 0.3) is 0 Å². The van der Waals surface area contributed by atoms with Crippen molar-refractivity contribution in [3.8, 4) is 0 Å². The van der Waals surface area contributed by atoms with Gasteiger partial charge in [0, 0.05) is 53.8 Å². The lowest BCUT2D eigenvalue weighted by Crippen LogP contribution is -2.29. The minimum absolute atomic E-state index is 0.343. The van der Waals surface area contributed by atoms with Crippen molar-refractivity contribution in [1.29, 1.82) is 0 Å². The van der Waals surface area contributed by atoms with Gasteiger partial charge in [-0.3, -0.25) is 39.9 Å². The molecule has 91 heavy (non-hydrogen) atoms. The molecule has 6 unspecified atom stereocenters. The van der Waals surface area contributed by atoms with E-state index in [1.807, 2.05) is 171 Å². The minimum atomic E-state index is 0.343. The molecule has 9 heterocycles. The molecule has 0 fully saturated rings. The standard InChI is InChI=1S/C7H13NO.3C6H12N2.2C6H11NO.3C6H11NS.9C2H6/c1-6(2)7-4-3-5-9-8-7;2*1-5(2)6-3-7-4-8-6;1-5(2)6-7-3-4-8-6;1-5(2)6-3-8-4-7-6;1-5(2)6-3-7-4-8-6;1-5(2)6-3-8-4-7-6;1-5(2)6-3-7-4-8-6;1-5(2)6-7-3-4-8-6;9*1-2/h6H,3-5H2,1-2H3;2*4-6H,3H2,1-2H3,(H,7,8);5H,3-4H2,1-2H3,(H,7,8);4*4-6H,3H2,1-2H3;5H,3-4H2,1-2H3;9*1-2H3. The van der Waals surface area contributed by atoms with E-state index in [2.05, 4.69) is 186 Å². The van der Waals surface area contributed by atoms with Crippen LogP contribution in [0.15, 0.2) is 45.1 Å². The van der Waals surface area contributed by atoms with Crippen LogP contribution in [-0.4, -0.2) is 159 Å². The van der Waals surface area contributed by atoms with E-state index in [9.17, 15) is 0 Å². The molecule has 546 valence electrons. The highest BCUT2D eigenvalue weighted by molar-refractivity contribution is 8.14. The van der Waals surface area contributed by atoms with Crippen LogP contribution < -0.4 is 16.0 Å². The summed E-state index contributed by atoms with van der Waals surface area (Å²) in [5.74, 6) is 9.49. The Hall–Kier alpha value is -3.12. The predicted octanol–water partition coefficient (Wildman–Crippen LogP) is 20.5. The van der Waals surface area contributed by atoms with Crippen molar-refractivity contribution in [2.75, 3.05) is 70.5 Å². The minimum Gasteiger partial charge on any atom is -0.481 e. The summed E-state index contributed by atoms with van der Waals surface area (Å²) in [5.41, 5.74) is 5.14. The smallest absolute Gasteiger partial charge is 0.170 e. The van der Waals surface area contributed by atoms with Gasteiger partial charge in [0.25, 0.3) is 0 Å². The molecule has 0 aromatic heterocycles. The van der Waals surface area contributed by atoms with Gasteiger partial charge in [-0.1, -0.05) is 254 Å². The third-order valence-electron chi connectivity index (χ3n) is 12.2. The van der Waals surface area contributed by atoms with E-state index in [-0.39, 0.29) is 0 Å². The maximum atomic E-state index is 5.12. The van der Waals surface area contributed by atoms with Crippen molar-refractivity contribution in [1.82, 2.24) is 16.0 Å². The van der Waals surface area contributed by atoms with E-state index in [4.69, 9.17) is 14.3 Å². The highest BCUT2D eigenvalue weighted by atomic mass is 32.2. The van der Waals surface area contributed by atoms with Gasteiger partial charge >= 0.3 is 0 Å². The molecule has 9 rings (SSSR count). The highest BCUT2D eigenvalue weighted by Crippen LogP contribution is 2.22. The van der Waals surface area contributed by atoms with Crippen LogP contribution in [0.5, 0.6) is 0 Å². The van der Waals surface area contributed by atoms with Gasteiger partial charge in [0.1, 0.15) is 19.3 Å². The van der Waals surface area contributed by atoms with Gasteiger partial charge in [0.15, 0.2) is 12.8 Å². The van der Waals surface area contributed by atoms with Crippen LogP contribution >= 0.6 is 35.3 Å². The number of hydrogen-bond acceptors (Lipinski definition) is 18. The van der Waals surface area contributed by atoms with Crippen LogP contribution in [0.4, 0.5) is 0 Å². The average Bonchev–Trinajstić information content (AvgIpc) is 4.47. The number of amidine groups is 1. The van der Waals surface area contributed by atoms with Gasteiger partial charge in [-0.25, -0.2) is 0 Å². The summed E-state index contributed by atoms with van der Waals surface area (Å²) in [6, 6.07) is 2.19. The second-order valence-corrected chi connectivity index (χ2v) is 24.9. The zero-order valence-corrected chi connectivity index (χ0v) is 69.2. The fraction of sp³-hybridized carbons (Fsp3) is 0.877. The lowest BCUT2D eigenvalue weighted by atomic mass is 10.0. The molecule has 9 aliphatic heterocycles. The number of aliphatic imine (C=N–C) groups is 8. The van der Waals surface area contributed by atoms with E-state index < -0.39 is 0 Å². The van der Waals surface area contributed by atoms with Crippen LogP contribution in [0.2, 0.25) is 0 Å². The molecule has 0 aromatic rings. The lowest BCUT2D eigenvalue weighted by molar-refractivity contribution is 0.129. The van der Waals surface area contributed by atoms with Crippen LogP contribution in [-0.2, 0) is 14.3 Å². The quantitative estimate of drug-likeness (QED) is 0.203. The van der Waals surface area contributed by atoms with Crippen LogP contribution in [0.3, 0.4) is 0 Å². The highest BCUT2D eigenvalue weighted by Gasteiger charge is 2.18. The van der Waals surface area contributed by atoms with Gasteiger partial charge in [-0.05, 0) is 54.3 Å². The number of ether oxygens (including phenoxy) is 2. The molecule has 0 saturated heterocycles. The number of hydrogen-bond donors (Lipinski definition) is 3. The van der Waals surface area contributed by atoms with Gasteiger partial charge in [0.2, 0.25) is 0 Å². The molecule has 3 N–H and O–H groups in total. The summed E-state index contributed by atoms with van der Waals surface area (Å²) in [6.45, 7) is 83.7. The molecule has 0 amide bonds. The third kappa shape index (κ3) is 66.7. The normalized spacial score (nSPS) is 20.1. The molecule has 18 heteroatoms. The topological polar surface area (TPSA) is 175 Å². The van der Waals surface area contributed by atoms with E-state index in [1.165, 1.54) is 28.1 Å². The molecule has 6 atom stereocenters. The summed E-state index contributed by atoms with van der Waals surface area (Å²) in [4.78, 5) is 38.0. The maximum Gasteiger partial charge on any atom is 0.170 e. The molecule has 0 aliphatic carbocycles. The van der Waals surface area contributed by atoms with Crippen molar-refractivity contribution in [2.45, 2.75) is 298 Å². The molecular weight excluding hydrogens is 1190 g/mol. The van der Waals surface area contributed by atoms with Gasteiger partial charge in [-0.2, -0.15) is 0 Å². The Bertz CT molecular complexity index is 1510. The van der Waals surface area contributed by atoms with Crippen molar-refractivity contribution in [3.63, 3.8) is 0 Å². The fourth-order valence-electron chi connectivity index (χ4n) is 6.63. The second-order valence-electron chi connectivity index (χ2n) is 21.8. The summed E-state index contributed by atoms with van der Waals surface area (Å²) in [6.07, 6.45) is 9.29. The summed E-state index contributed by atoms with van der Waals surface area (Å²) in [5, 5.41) is 15.6. The lowest BCUT2D eigenvalue weighted by Gasteiger charge is -2.13. The second kappa shape index (κ2) is 83.0. The first-order chi connectivity index (χ1) is 43.7. The van der Waals surface area contributed by atoms with Gasteiger partial charge in [-0.15, -0.1) is 35.3 Å². The number of nitrogens with one attached hydrogen (secondary N) is 3. The Kier molecular flexibility index (Phi) is 97.2. The Morgan fingerprint density at radius 2 is 1.02 bits per heavy atom. The Morgan fingerprint density at radius 3 is 1.21 bits per heavy atom. The van der Waals surface area contributed by atoms with E-state index >= 15 is 0 Å². The van der Waals surface area contributed by atoms with Gasteiger partial charge < -0.3 is 30.3 Å². The van der Waals surface area contributed by atoms with E-state index in [0.717, 1.165) is 89.0 Å². The number of thioether (sulfide) groups is 3. The number of nitrogens with zero attached hydrogens (tertiary/aromatic N) is 9. The van der Waals surface area contributed by atoms with Crippen molar-refractivity contribution in [2.24, 2.45) is 98.4 Å². The Balaban J connectivity index is -0.000000115. The zero-order chi connectivity index (χ0) is 72.6. The zero-order valence-electron chi connectivity index (χ0n) is 66.8. The molecule has 0 radical (unpaired) electrons. The summed E-state index contributed by atoms with van der Waals surface area (Å²) in [7, 11) is 0. The molecule has 0 aromatic carbocycles. The number of oxime groups is 1. The number of rotatable bonds is 9. The van der Waals surface area contributed by atoms with E-state index in [1.54, 1.807) is 25.5 Å². The molecule has 15 nitrogen and oxygen atoms in total. The monoisotopic (exact) mass is 1350 g/mol. The third-order valence-corrected chi connectivity index (χ3v) is 15.6. The first-order valence-electron chi connectivity index (χ1n) is 36.4. The average molecular weight is 1350 g/mol. The largest absolute Gasteiger partial charge is 0.481 e. The Morgan fingerprint density at radius 1 is 0.495 bits per heavy atom. The van der Waals surface area contributed by atoms with Crippen molar-refractivity contribution in [3.05, 3.63) is 0 Å². The van der Waals surface area contributed by atoms with Crippen molar-refractivity contribution < 1.29 is 14.3 Å². The SMILES string of the molecule is CC.CC.CC.CC.CC.CC.CC.CC.CC.CC(C)C1=NCCN1.CC(C)C1=NCCS1.CC(C)C1=NOCCC1.CC(C)C1CN=CN1.CC(C)C1CN=CN1.CC(C)C1CN=CO1.CC(C)C1CN=CS1.CC(C)C1COC=N1.CC(C)C1CSC=N1. The molecule has 0 saturated carbocycles. The maximum absolute atomic E-state index is 5.12. The first-order valence-corrected chi connectivity index (χ1v) is 39.4. The molecule has 0 spiro atoms. The predicted molar refractivity (Wildman–Crippen MR) is 430 cm³/mol. The van der Waals surface area contributed by atoms with Crippen molar-refractivity contribution >= 4 is 88.4 Å². The molecular formula is C73H158N12O3S3. The molecule has 9 aliphatic rings. The Labute approximate surface area is 581 Å². The first kappa shape index (κ1) is 107. The summed E-state index contributed by atoms with van der Waals surface area (Å²) < 4.78 is 10.0. The van der Waals surface area contributed by atoms with Gasteiger partial charge in [0.05, 0.1) is 85.2 Å². The fourth-order valence-corrected chi connectivity index (χ4v) is 9.35. The van der Waals surface area contributed by atoms with Crippen LogP contribution in [0.1, 0.15) is 262 Å². The molecule has 0 bridgehead atoms. The van der Waals surface area contributed by atoms with Crippen LogP contribution in [0, 0.1) is 53.3 Å². The van der Waals surface area contributed by atoms with E-state index in [0.29, 0.717) is 71.7 Å².